The summed E-state index contributed by atoms with van der Waals surface area (Å²) in [5, 5.41) is 10.8. The number of aryl methyl sites for hydroxylation is 1. The van der Waals surface area contributed by atoms with Crippen molar-refractivity contribution < 1.29 is 19.1 Å². The number of benzene rings is 1. The van der Waals surface area contributed by atoms with Crippen LogP contribution in [0.25, 0.3) is 0 Å². The van der Waals surface area contributed by atoms with Crippen LogP contribution >= 0.6 is 0 Å². The molecule has 0 atom stereocenters. The van der Waals surface area contributed by atoms with Crippen molar-refractivity contribution in [2.45, 2.75) is 13.3 Å². The van der Waals surface area contributed by atoms with E-state index in [1.165, 1.54) is 12.1 Å². The van der Waals surface area contributed by atoms with Gasteiger partial charge in [0.05, 0.1) is 6.42 Å². The Morgan fingerprint density at radius 2 is 2.12 bits per heavy atom. The maximum absolute atomic E-state index is 12.9. The van der Waals surface area contributed by atoms with E-state index in [-0.39, 0.29) is 18.5 Å². The van der Waals surface area contributed by atoms with Gasteiger partial charge in [0.15, 0.2) is 0 Å². The van der Waals surface area contributed by atoms with Crippen LogP contribution in [0.1, 0.15) is 22.3 Å². The highest BCUT2D eigenvalue weighted by Gasteiger charge is 2.09. The Kier molecular flexibility index (Phi) is 3.99. The molecular formula is C11H12FNO3. The molecule has 0 spiro atoms. The van der Waals surface area contributed by atoms with Gasteiger partial charge >= 0.3 is 5.97 Å². The summed E-state index contributed by atoms with van der Waals surface area (Å²) < 4.78 is 12.9. The summed E-state index contributed by atoms with van der Waals surface area (Å²) in [6.07, 6.45) is -0.153. The average Bonchev–Trinajstić information content (AvgIpc) is 2.21. The lowest BCUT2D eigenvalue weighted by molar-refractivity contribution is -0.136. The maximum atomic E-state index is 12.9. The van der Waals surface area contributed by atoms with E-state index in [9.17, 15) is 14.0 Å². The number of carbonyl (C=O) groups is 2. The molecule has 0 saturated carbocycles. The Hall–Kier alpha value is -1.91. The summed E-state index contributed by atoms with van der Waals surface area (Å²) in [6.45, 7) is 1.72. The number of amides is 1. The maximum Gasteiger partial charge on any atom is 0.305 e. The second kappa shape index (κ2) is 5.25. The third-order valence-corrected chi connectivity index (χ3v) is 2.07. The molecule has 0 radical (unpaired) electrons. The number of halogens is 1. The molecule has 5 heteroatoms. The number of hydrogen-bond acceptors (Lipinski definition) is 2. The summed E-state index contributed by atoms with van der Waals surface area (Å²) >= 11 is 0. The summed E-state index contributed by atoms with van der Waals surface area (Å²) in [7, 11) is 0. The van der Waals surface area contributed by atoms with Gasteiger partial charge < -0.3 is 10.4 Å². The molecule has 0 fully saturated rings. The fourth-order valence-electron chi connectivity index (χ4n) is 1.22. The van der Waals surface area contributed by atoms with E-state index in [4.69, 9.17) is 5.11 Å². The third kappa shape index (κ3) is 3.34. The van der Waals surface area contributed by atoms with E-state index in [0.29, 0.717) is 5.56 Å². The van der Waals surface area contributed by atoms with Crippen LogP contribution in [0.5, 0.6) is 0 Å². The van der Waals surface area contributed by atoms with Crippen LogP contribution in [-0.2, 0) is 4.79 Å². The molecule has 86 valence electrons. The summed E-state index contributed by atoms with van der Waals surface area (Å²) in [5.74, 6) is -1.94. The molecule has 1 aromatic carbocycles. The summed E-state index contributed by atoms with van der Waals surface area (Å²) in [5.41, 5.74) is 0.875. The molecule has 0 aromatic heterocycles. The van der Waals surface area contributed by atoms with Crippen molar-refractivity contribution >= 4 is 11.9 Å². The standard InChI is InChI=1S/C11H12FNO3/c1-7-2-3-8(12)6-9(7)11(16)13-5-4-10(14)15/h2-3,6H,4-5H2,1H3,(H,13,16)(H,14,15). The Morgan fingerprint density at radius 3 is 2.75 bits per heavy atom. The molecule has 0 bridgehead atoms. The lowest BCUT2D eigenvalue weighted by atomic mass is 10.1. The van der Waals surface area contributed by atoms with Crippen molar-refractivity contribution in [3.63, 3.8) is 0 Å². The number of aliphatic carboxylic acids is 1. The molecule has 0 heterocycles. The minimum absolute atomic E-state index is 0.0319. The molecular weight excluding hydrogens is 213 g/mol. The zero-order valence-corrected chi connectivity index (χ0v) is 8.79. The largest absolute Gasteiger partial charge is 0.481 e. The van der Waals surface area contributed by atoms with E-state index in [1.54, 1.807) is 6.92 Å². The van der Waals surface area contributed by atoms with Gasteiger partial charge in [-0.2, -0.15) is 0 Å². The van der Waals surface area contributed by atoms with Gasteiger partial charge in [-0.25, -0.2) is 4.39 Å². The third-order valence-electron chi connectivity index (χ3n) is 2.07. The molecule has 0 unspecified atom stereocenters. The summed E-state index contributed by atoms with van der Waals surface area (Å²) in [4.78, 5) is 21.8. The van der Waals surface area contributed by atoms with Gasteiger partial charge in [-0.15, -0.1) is 0 Å². The van der Waals surface area contributed by atoms with E-state index in [2.05, 4.69) is 5.32 Å². The number of nitrogens with one attached hydrogen (secondary N) is 1. The molecule has 16 heavy (non-hydrogen) atoms. The van der Waals surface area contributed by atoms with Gasteiger partial charge in [0.2, 0.25) is 0 Å². The first kappa shape index (κ1) is 12.2. The SMILES string of the molecule is Cc1ccc(F)cc1C(=O)NCCC(=O)O. The first-order valence-electron chi connectivity index (χ1n) is 4.77. The van der Waals surface area contributed by atoms with Crippen molar-refractivity contribution in [1.29, 1.82) is 0 Å². The van der Waals surface area contributed by atoms with Gasteiger partial charge in [-0.3, -0.25) is 9.59 Å². The highest BCUT2D eigenvalue weighted by atomic mass is 19.1. The zero-order valence-electron chi connectivity index (χ0n) is 8.79. The van der Waals surface area contributed by atoms with Crippen molar-refractivity contribution in [1.82, 2.24) is 5.32 Å². The topological polar surface area (TPSA) is 66.4 Å². The van der Waals surface area contributed by atoms with Gasteiger partial charge in [0.1, 0.15) is 5.82 Å². The molecule has 0 aliphatic rings. The highest BCUT2D eigenvalue weighted by Crippen LogP contribution is 2.09. The van der Waals surface area contributed by atoms with Crippen LogP contribution in [0.3, 0.4) is 0 Å². The van der Waals surface area contributed by atoms with Gasteiger partial charge in [-0.1, -0.05) is 6.07 Å². The van der Waals surface area contributed by atoms with Crippen molar-refractivity contribution in [3.05, 3.63) is 35.1 Å². The van der Waals surface area contributed by atoms with Crippen LogP contribution < -0.4 is 5.32 Å². The van der Waals surface area contributed by atoms with Crippen LogP contribution in [-0.4, -0.2) is 23.5 Å². The number of rotatable bonds is 4. The van der Waals surface area contributed by atoms with Crippen LogP contribution in [0, 0.1) is 12.7 Å². The van der Waals surface area contributed by atoms with Crippen molar-refractivity contribution in [2.24, 2.45) is 0 Å². The fraction of sp³-hybridized carbons (Fsp3) is 0.273. The summed E-state index contributed by atoms with van der Waals surface area (Å²) in [6, 6.07) is 3.90. The minimum Gasteiger partial charge on any atom is -0.481 e. The van der Waals surface area contributed by atoms with Gasteiger partial charge in [-0.05, 0) is 24.6 Å². The molecule has 1 amide bonds. The van der Waals surface area contributed by atoms with E-state index < -0.39 is 17.7 Å². The lowest BCUT2D eigenvalue weighted by Gasteiger charge is -2.06. The molecule has 2 N–H and O–H groups in total. The average molecular weight is 225 g/mol. The Balaban J connectivity index is 2.65. The van der Waals surface area contributed by atoms with E-state index >= 15 is 0 Å². The first-order valence-corrected chi connectivity index (χ1v) is 4.77. The van der Waals surface area contributed by atoms with Crippen molar-refractivity contribution in [2.75, 3.05) is 6.54 Å². The number of carbonyl (C=O) groups excluding carboxylic acids is 1. The first-order chi connectivity index (χ1) is 7.50. The van der Waals surface area contributed by atoms with Gasteiger partial charge in [0.25, 0.3) is 5.91 Å². The van der Waals surface area contributed by atoms with E-state index in [0.717, 1.165) is 6.07 Å². The normalized spacial score (nSPS) is 9.88. The van der Waals surface area contributed by atoms with E-state index in [1.807, 2.05) is 0 Å². The van der Waals surface area contributed by atoms with Crippen molar-refractivity contribution in [3.8, 4) is 0 Å². The molecule has 1 aromatic rings. The molecule has 1 rings (SSSR count). The predicted octanol–water partition coefficient (Wildman–Crippen LogP) is 1.34. The Bertz CT molecular complexity index is 418. The molecule has 0 aliphatic carbocycles. The minimum atomic E-state index is -0.990. The molecule has 4 nitrogen and oxygen atoms in total. The fourth-order valence-corrected chi connectivity index (χ4v) is 1.22. The second-order valence-corrected chi connectivity index (χ2v) is 3.36. The van der Waals surface area contributed by atoms with Crippen LogP contribution in [0.2, 0.25) is 0 Å². The monoisotopic (exact) mass is 225 g/mol. The quantitative estimate of drug-likeness (QED) is 0.812. The number of carboxylic acid groups (broad SMARTS) is 1. The van der Waals surface area contributed by atoms with Gasteiger partial charge in [0, 0.05) is 12.1 Å². The Morgan fingerprint density at radius 1 is 1.44 bits per heavy atom. The molecule has 0 aliphatic heterocycles. The van der Waals surface area contributed by atoms with Crippen LogP contribution in [0.15, 0.2) is 18.2 Å². The second-order valence-electron chi connectivity index (χ2n) is 3.36. The van der Waals surface area contributed by atoms with Crippen LogP contribution in [0.4, 0.5) is 4.39 Å². The lowest BCUT2D eigenvalue weighted by Crippen LogP contribution is -2.26. The number of hydrogen-bond donors (Lipinski definition) is 2. The highest BCUT2D eigenvalue weighted by molar-refractivity contribution is 5.95. The smallest absolute Gasteiger partial charge is 0.305 e. The molecule has 0 saturated heterocycles. The Labute approximate surface area is 92.1 Å². The zero-order chi connectivity index (χ0) is 12.1. The predicted molar refractivity (Wildman–Crippen MR) is 55.7 cm³/mol. The number of carboxylic acids is 1.